The van der Waals surface area contributed by atoms with Gasteiger partial charge in [0.15, 0.2) is 0 Å². The molecule has 0 aromatic heterocycles. The molecule has 0 amide bonds. The van der Waals surface area contributed by atoms with Crippen molar-refractivity contribution in [3.63, 3.8) is 0 Å². The van der Waals surface area contributed by atoms with Gasteiger partial charge in [-0.15, -0.1) is 0 Å². The third kappa shape index (κ3) is 1.37. The Morgan fingerprint density at radius 1 is 0.500 bits per heavy atom. The normalized spacial score (nSPS) is 14.9. The van der Waals surface area contributed by atoms with E-state index in [1.165, 1.54) is 0 Å². The van der Waals surface area contributed by atoms with Crippen LogP contribution in [0.5, 0.6) is 23.0 Å². The molecule has 90 valence electrons. The third-order valence-corrected chi connectivity index (χ3v) is 2.72. The predicted octanol–water partition coefficient (Wildman–Crippen LogP) is 2.59. The van der Waals surface area contributed by atoms with E-state index in [0.717, 1.165) is 11.1 Å². The maximum Gasteiger partial charge on any atom is 0.216 e. The molecular weight excluding hydrogens is 240 g/mol. The van der Waals surface area contributed by atoms with Crippen molar-refractivity contribution in [2.45, 2.75) is 0 Å². The summed E-state index contributed by atoms with van der Waals surface area (Å²) >= 11 is 0. The minimum absolute atomic E-state index is 0.529. The SMILES string of the molecule is c1cc2c(cc1-c1ccc3c(c1)OOO3)OOO2. The molecule has 0 spiro atoms. The second-order valence-electron chi connectivity index (χ2n) is 3.79. The first kappa shape index (κ1) is 9.58. The number of hydrogen-bond donors (Lipinski definition) is 0. The highest BCUT2D eigenvalue weighted by Gasteiger charge is 2.20. The maximum absolute atomic E-state index is 4.85. The quantitative estimate of drug-likeness (QED) is 0.721. The summed E-state index contributed by atoms with van der Waals surface area (Å²) in [7, 11) is 0. The van der Waals surface area contributed by atoms with Crippen molar-refractivity contribution >= 4 is 0 Å². The van der Waals surface area contributed by atoms with E-state index in [2.05, 4.69) is 10.1 Å². The first-order chi connectivity index (χ1) is 8.90. The van der Waals surface area contributed by atoms with Gasteiger partial charge in [0, 0.05) is 10.1 Å². The molecule has 0 radical (unpaired) electrons. The highest BCUT2D eigenvalue weighted by molar-refractivity contribution is 5.70. The summed E-state index contributed by atoms with van der Waals surface area (Å²) in [6.07, 6.45) is 0. The average molecular weight is 246 g/mol. The zero-order valence-electron chi connectivity index (χ0n) is 8.91. The molecule has 2 aromatic rings. The largest absolute Gasteiger partial charge is 0.295 e. The Morgan fingerprint density at radius 3 is 1.44 bits per heavy atom. The van der Waals surface area contributed by atoms with E-state index in [9.17, 15) is 0 Å². The van der Waals surface area contributed by atoms with Crippen LogP contribution >= 0.6 is 0 Å². The summed E-state index contributed by atoms with van der Waals surface area (Å²) in [5, 5.41) is 8.83. The monoisotopic (exact) mass is 246 g/mol. The van der Waals surface area contributed by atoms with E-state index in [0.29, 0.717) is 23.0 Å². The fourth-order valence-electron chi connectivity index (χ4n) is 1.82. The molecule has 2 aliphatic rings. The highest BCUT2D eigenvalue weighted by atomic mass is 17.5. The zero-order chi connectivity index (χ0) is 11.9. The van der Waals surface area contributed by atoms with Gasteiger partial charge in [-0.1, -0.05) is 12.1 Å². The van der Waals surface area contributed by atoms with E-state index in [1.807, 2.05) is 12.1 Å². The molecule has 0 atom stereocenters. The predicted molar refractivity (Wildman–Crippen MR) is 56.6 cm³/mol. The zero-order valence-corrected chi connectivity index (χ0v) is 8.91. The van der Waals surface area contributed by atoms with Crippen molar-refractivity contribution in [3.8, 4) is 34.1 Å². The second-order valence-corrected chi connectivity index (χ2v) is 3.79. The molecule has 2 heterocycles. The lowest BCUT2D eigenvalue weighted by atomic mass is 10.0. The molecule has 0 N–H and O–H groups in total. The van der Waals surface area contributed by atoms with Gasteiger partial charge >= 0.3 is 0 Å². The van der Waals surface area contributed by atoms with Crippen LogP contribution in [0.4, 0.5) is 0 Å². The molecule has 4 rings (SSSR count). The van der Waals surface area contributed by atoms with Gasteiger partial charge in [0.05, 0.1) is 0 Å². The van der Waals surface area contributed by atoms with Gasteiger partial charge in [0.1, 0.15) is 0 Å². The Balaban J connectivity index is 1.78. The Hall–Kier alpha value is -2.44. The van der Waals surface area contributed by atoms with Gasteiger partial charge < -0.3 is 0 Å². The van der Waals surface area contributed by atoms with Gasteiger partial charge in [0.2, 0.25) is 23.0 Å². The molecule has 0 saturated heterocycles. The average Bonchev–Trinajstić information content (AvgIpc) is 3.05. The number of rotatable bonds is 1. The number of fused-ring (bicyclic) bond motifs is 2. The van der Waals surface area contributed by atoms with Crippen molar-refractivity contribution in [2.24, 2.45) is 0 Å². The summed E-state index contributed by atoms with van der Waals surface area (Å²) in [6, 6.07) is 10.9. The molecule has 0 unspecified atom stereocenters. The molecule has 6 heteroatoms. The topological polar surface area (TPSA) is 55.4 Å². The lowest BCUT2D eigenvalue weighted by Gasteiger charge is -2.02. The fourth-order valence-corrected chi connectivity index (χ4v) is 1.82. The molecular formula is C12H6O6. The van der Waals surface area contributed by atoms with Crippen LogP contribution in [0, 0.1) is 0 Å². The van der Waals surface area contributed by atoms with E-state index in [1.54, 1.807) is 24.3 Å². The van der Waals surface area contributed by atoms with Crippen molar-refractivity contribution in [3.05, 3.63) is 36.4 Å². The van der Waals surface area contributed by atoms with Crippen LogP contribution in [0.2, 0.25) is 0 Å². The Labute approximate surface area is 101 Å². The molecule has 0 aliphatic carbocycles. The van der Waals surface area contributed by atoms with Gasteiger partial charge in [-0.05, 0) is 35.4 Å². The van der Waals surface area contributed by atoms with Crippen molar-refractivity contribution in [1.29, 1.82) is 0 Å². The van der Waals surface area contributed by atoms with Crippen molar-refractivity contribution < 1.29 is 29.6 Å². The van der Waals surface area contributed by atoms with Crippen LogP contribution in [0.3, 0.4) is 0 Å². The Bertz CT molecular complexity index is 568. The molecule has 6 nitrogen and oxygen atoms in total. The lowest BCUT2D eigenvalue weighted by Crippen LogP contribution is -1.88. The smallest absolute Gasteiger partial charge is 0.216 e. The molecule has 0 bridgehead atoms. The molecule has 2 aliphatic heterocycles. The lowest BCUT2D eigenvalue weighted by molar-refractivity contribution is -0.384. The highest BCUT2D eigenvalue weighted by Crippen LogP contribution is 2.40. The number of benzene rings is 2. The van der Waals surface area contributed by atoms with Crippen LogP contribution < -0.4 is 19.6 Å². The second kappa shape index (κ2) is 3.52. The summed E-state index contributed by atoms with van der Waals surface area (Å²) in [4.78, 5) is 19.3. The minimum Gasteiger partial charge on any atom is -0.295 e. The van der Waals surface area contributed by atoms with Crippen LogP contribution in [0.15, 0.2) is 36.4 Å². The van der Waals surface area contributed by atoms with E-state index in [-0.39, 0.29) is 0 Å². The maximum atomic E-state index is 4.85. The molecule has 0 fully saturated rings. The summed E-state index contributed by atoms with van der Waals surface area (Å²) < 4.78 is 0. The van der Waals surface area contributed by atoms with Crippen LogP contribution in [-0.4, -0.2) is 0 Å². The van der Waals surface area contributed by atoms with Crippen LogP contribution in [0.25, 0.3) is 11.1 Å². The standard InChI is InChI=1S/C12H6O6/c1-3-9-11(15-17-13-9)5-7(1)8-2-4-10-12(6-8)16-18-14-10/h1-6H. The first-order valence-electron chi connectivity index (χ1n) is 5.21. The Morgan fingerprint density at radius 2 is 0.944 bits per heavy atom. The molecule has 0 saturated carbocycles. The van der Waals surface area contributed by atoms with E-state index >= 15 is 0 Å². The fraction of sp³-hybridized carbons (Fsp3) is 0. The first-order valence-corrected chi connectivity index (χ1v) is 5.21. The van der Waals surface area contributed by atoms with Gasteiger partial charge in [-0.25, -0.2) is 0 Å². The van der Waals surface area contributed by atoms with Crippen LogP contribution in [-0.2, 0) is 10.1 Å². The van der Waals surface area contributed by atoms with Gasteiger partial charge in [0.25, 0.3) is 0 Å². The third-order valence-electron chi connectivity index (χ3n) is 2.72. The van der Waals surface area contributed by atoms with Gasteiger partial charge in [-0.3, -0.25) is 19.6 Å². The summed E-state index contributed by atoms with van der Waals surface area (Å²) in [6.45, 7) is 0. The number of hydrogen-bond acceptors (Lipinski definition) is 6. The van der Waals surface area contributed by atoms with Crippen molar-refractivity contribution in [2.75, 3.05) is 0 Å². The van der Waals surface area contributed by atoms with Gasteiger partial charge in [-0.2, -0.15) is 0 Å². The summed E-state index contributed by atoms with van der Waals surface area (Å²) in [5.74, 6) is 2.15. The Kier molecular flexibility index (Phi) is 1.88. The molecule has 2 aromatic carbocycles. The minimum atomic E-state index is 0.529. The van der Waals surface area contributed by atoms with E-state index in [4.69, 9.17) is 19.6 Å². The molecule has 18 heavy (non-hydrogen) atoms. The van der Waals surface area contributed by atoms with Crippen molar-refractivity contribution in [1.82, 2.24) is 0 Å². The summed E-state index contributed by atoms with van der Waals surface area (Å²) in [5.41, 5.74) is 1.86. The van der Waals surface area contributed by atoms with Crippen LogP contribution in [0.1, 0.15) is 0 Å². The van der Waals surface area contributed by atoms with E-state index < -0.39 is 0 Å².